The van der Waals surface area contributed by atoms with Gasteiger partial charge >= 0.3 is 0 Å². The molecule has 2 aromatic carbocycles. The molecule has 2 heterocycles. The number of hydrogen-bond donors (Lipinski definition) is 0. The number of hydrogen-bond acceptors (Lipinski definition) is 4. The molecule has 3 aromatic rings. The van der Waals surface area contributed by atoms with Crippen molar-refractivity contribution in [1.82, 2.24) is 4.31 Å². The van der Waals surface area contributed by atoms with Crippen molar-refractivity contribution < 1.29 is 17.6 Å². The van der Waals surface area contributed by atoms with Gasteiger partial charge in [-0.1, -0.05) is 18.2 Å². The molecule has 4 rings (SSSR count). The molecule has 0 aliphatic carbocycles. The molecule has 0 fully saturated rings. The fourth-order valence-corrected chi connectivity index (χ4v) is 5.01. The predicted molar refractivity (Wildman–Crippen MR) is 108 cm³/mol. The maximum Gasteiger partial charge on any atom is 0.243 e. The van der Waals surface area contributed by atoms with E-state index in [2.05, 4.69) is 0 Å². The normalized spacial score (nSPS) is 15.2. The SMILES string of the molecule is CC(=O)N1CCc2cc(S(=O)(=O)N(C)C(C)c3cc4ccccc4o3)ccc21. The molecule has 0 saturated heterocycles. The highest BCUT2D eigenvalue weighted by Crippen LogP contribution is 2.34. The Morgan fingerprint density at radius 3 is 2.64 bits per heavy atom. The number of benzene rings is 2. The summed E-state index contributed by atoms with van der Waals surface area (Å²) in [5.74, 6) is 0.557. The minimum atomic E-state index is -3.71. The molecular weight excluding hydrogens is 376 g/mol. The summed E-state index contributed by atoms with van der Waals surface area (Å²) in [7, 11) is -2.16. The van der Waals surface area contributed by atoms with Crippen LogP contribution in [0.4, 0.5) is 5.69 Å². The van der Waals surface area contributed by atoms with Crippen molar-refractivity contribution >= 4 is 32.6 Å². The first-order valence-electron chi connectivity index (χ1n) is 9.16. The second-order valence-electron chi connectivity index (χ2n) is 7.09. The lowest BCUT2D eigenvalue weighted by molar-refractivity contribution is -0.116. The Labute approximate surface area is 164 Å². The number of anilines is 1. The Morgan fingerprint density at radius 2 is 1.93 bits per heavy atom. The van der Waals surface area contributed by atoms with Gasteiger partial charge in [0.05, 0.1) is 10.9 Å². The molecule has 28 heavy (non-hydrogen) atoms. The molecule has 1 unspecified atom stereocenters. The van der Waals surface area contributed by atoms with Crippen LogP contribution >= 0.6 is 0 Å². The molecule has 0 spiro atoms. The summed E-state index contributed by atoms with van der Waals surface area (Å²) in [6.07, 6.45) is 0.654. The van der Waals surface area contributed by atoms with E-state index in [9.17, 15) is 13.2 Å². The van der Waals surface area contributed by atoms with Gasteiger partial charge in [-0.3, -0.25) is 4.79 Å². The number of nitrogens with zero attached hydrogens (tertiary/aromatic N) is 2. The van der Waals surface area contributed by atoms with Gasteiger partial charge in [-0.05, 0) is 49.2 Å². The van der Waals surface area contributed by atoms with Crippen LogP contribution < -0.4 is 4.90 Å². The number of amides is 1. The quantitative estimate of drug-likeness (QED) is 0.671. The summed E-state index contributed by atoms with van der Waals surface area (Å²) in [5, 5.41) is 0.942. The van der Waals surface area contributed by atoms with Crippen LogP contribution in [0.1, 0.15) is 31.2 Å². The fraction of sp³-hybridized carbons (Fsp3) is 0.286. The van der Waals surface area contributed by atoms with E-state index in [1.165, 1.54) is 11.2 Å². The van der Waals surface area contributed by atoms with E-state index in [0.29, 0.717) is 18.7 Å². The molecule has 1 atom stereocenters. The molecule has 1 amide bonds. The van der Waals surface area contributed by atoms with Gasteiger partial charge in [-0.2, -0.15) is 4.31 Å². The van der Waals surface area contributed by atoms with Crippen LogP contribution in [0.5, 0.6) is 0 Å². The van der Waals surface area contributed by atoms with E-state index in [-0.39, 0.29) is 10.8 Å². The topological polar surface area (TPSA) is 70.8 Å². The molecule has 1 aliphatic rings. The standard InChI is InChI=1S/C21H22N2O4S/c1-14(21-13-17-6-4-5-7-20(17)27-21)22(3)28(25,26)18-8-9-19-16(12-18)10-11-23(19)15(2)24/h4-9,12-14H,10-11H2,1-3H3. The molecule has 0 saturated carbocycles. The zero-order valence-electron chi connectivity index (χ0n) is 16.0. The first kappa shape index (κ1) is 18.7. The zero-order valence-corrected chi connectivity index (χ0v) is 16.9. The lowest BCUT2D eigenvalue weighted by Crippen LogP contribution is -2.29. The maximum absolute atomic E-state index is 13.2. The highest BCUT2D eigenvalue weighted by molar-refractivity contribution is 7.89. The van der Waals surface area contributed by atoms with Crippen molar-refractivity contribution in [3.63, 3.8) is 0 Å². The Hall–Kier alpha value is -2.64. The lowest BCUT2D eigenvalue weighted by atomic mass is 10.2. The van der Waals surface area contributed by atoms with Crippen molar-refractivity contribution in [1.29, 1.82) is 0 Å². The fourth-order valence-electron chi connectivity index (χ4n) is 3.63. The van der Waals surface area contributed by atoms with Gasteiger partial charge < -0.3 is 9.32 Å². The molecule has 0 radical (unpaired) electrons. The smallest absolute Gasteiger partial charge is 0.243 e. The second kappa shape index (κ2) is 6.76. The van der Waals surface area contributed by atoms with Gasteiger partial charge in [-0.15, -0.1) is 0 Å². The number of carbonyl (C=O) groups excluding carboxylic acids is 1. The van der Waals surface area contributed by atoms with Gasteiger partial charge in [0.1, 0.15) is 11.3 Å². The van der Waals surface area contributed by atoms with Crippen LogP contribution in [0.15, 0.2) is 57.8 Å². The third-order valence-electron chi connectivity index (χ3n) is 5.41. The lowest BCUT2D eigenvalue weighted by Gasteiger charge is -2.23. The highest BCUT2D eigenvalue weighted by Gasteiger charge is 2.30. The first-order valence-corrected chi connectivity index (χ1v) is 10.6. The summed E-state index contributed by atoms with van der Waals surface area (Å²) >= 11 is 0. The summed E-state index contributed by atoms with van der Waals surface area (Å²) in [6, 6.07) is 14.0. The molecule has 1 aromatic heterocycles. The van der Waals surface area contributed by atoms with Crippen LogP contribution in [0, 0.1) is 0 Å². The maximum atomic E-state index is 13.2. The molecular formula is C21H22N2O4S. The monoisotopic (exact) mass is 398 g/mol. The number of rotatable bonds is 4. The van der Waals surface area contributed by atoms with Crippen molar-refractivity contribution in [2.75, 3.05) is 18.5 Å². The summed E-state index contributed by atoms with van der Waals surface area (Å²) in [5.41, 5.74) is 2.40. The minimum absolute atomic E-state index is 0.0371. The molecule has 146 valence electrons. The van der Waals surface area contributed by atoms with Gasteiger partial charge in [0.25, 0.3) is 0 Å². The van der Waals surface area contributed by atoms with Crippen molar-refractivity contribution in [3.8, 4) is 0 Å². The molecule has 7 heteroatoms. The number of fused-ring (bicyclic) bond motifs is 2. The Balaban J connectivity index is 1.65. The van der Waals surface area contributed by atoms with Gasteiger partial charge in [0.2, 0.25) is 15.9 Å². The summed E-state index contributed by atoms with van der Waals surface area (Å²) in [6.45, 7) is 3.90. The van der Waals surface area contributed by atoms with E-state index < -0.39 is 16.1 Å². The largest absolute Gasteiger partial charge is 0.459 e. The third-order valence-corrected chi connectivity index (χ3v) is 7.33. The van der Waals surface area contributed by atoms with Crippen LogP contribution in [0.3, 0.4) is 0 Å². The number of sulfonamides is 1. The average Bonchev–Trinajstić information content (AvgIpc) is 3.30. The molecule has 1 aliphatic heterocycles. The minimum Gasteiger partial charge on any atom is -0.459 e. The van der Waals surface area contributed by atoms with E-state index in [4.69, 9.17) is 4.42 Å². The van der Waals surface area contributed by atoms with Crippen molar-refractivity contribution in [2.45, 2.75) is 31.2 Å². The van der Waals surface area contributed by atoms with Crippen LogP contribution in [0.2, 0.25) is 0 Å². The summed E-state index contributed by atoms with van der Waals surface area (Å²) < 4.78 is 33.5. The average molecular weight is 398 g/mol. The zero-order chi connectivity index (χ0) is 20.1. The van der Waals surface area contributed by atoms with Gasteiger partial charge in [0.15, 0.2) is 0 Å². The molecule has 0 bridgehead atoms. The predicted octanol–water partition coefficient (Wildman–Crippen LogP) is 3.72. The number of furan rings is 1. The molecule has 0 N–H and O–H groups in total. The van der Waals surface area contributed by atoms with Crippen LogP contribution in [0.25, 0.3) is 11.0 Å². The third kappa shape index (κ3) is 3.00. The van der Waals surface area contributed by atoms with Crippen molar-refractivity contribution in [3.05, 3.63) is 59.9 Å². The van der Waals surface area contributed by atoms with Crippen molar-refractivity contribution in [2.24, 2.45) is 0 Å². The van der Waals surface area contributed by atoms with E-state index in [1.54, 1.807) is 37.1 Å². The van der Waals surface area contributed by atoms with Crippen LogP contribution in [-0.4, -0.2) is 32.2 Å². The Kier molecular flexibility index (Phi) is 4.51. The molecule has 6 nitrogen and oxygen atoms in total. The van der Waals surface area contributed by atoms with E-state index in [1.807, 2.05) is 30.3 Å². The summed E-state index contributed by atoms with van der Waals surface area (Å²) in [4.78, 5) is 13.6. The van der Waals surface area contributed by atoms with Gasteiger partial charge in [-0.25, -0.2) is 8.42 Å². The van der Waals surface area contributed by atoms with Gasteiger partial charge in [0, 0.05) is 31.6 Å². The first-order chi connectivity index (χ1) is 13.3. The van der Waals surface area contributed by atoms with E-state index in [0.717, 1.165) is 22.2 Å². The number of carbonyl (C=O) groups is 1. The van der Waals surface area contributed by atoms with Crippen LogP contribution in [-0.2, 0) is 21.2 Å². The number of para-hydroxylation sites is 1. The Morgan fingerprint density at radius 1 is 1.18 bits per heavy atom. The second-order valence-corrected chi connectivity index (χ2v) is 9.09. The Bertz CT molecular complexity index is 1130. The highest BCUT2D eigenvalue weighted by atomic mass is 32.2. The van der Waals surface area contributed by atoms with E-state index >= 15 is 0 Å².